The highest BCUT2D eigenvalue weighted by molar-refractivity contribution is 5.69. The molecule has 2 bridgehead atoms. The molecule has 1 aliphatic rings. The van der Waals surface area contributed by atoms with Crippen molar-refractivity contribution in [3.8, 4) is 0 Å². The van der Waals surface area contributed by atoms with Gasteiger partial charge in [0.05, 0.1) is 24.5 Å². The zero-order valence-corrected chi connectivity index (χ0v) is 18.4. The summed E-state index contributed by atoms with van der Waals surface area (Å²) in [4.78, 5) is 33.9. The molecule has 3 rings (SSSR count). The maximum absolute atomic E-state index is 11.7. The van der Waals surface area contributed by atoms with Gasteiger partial charge in [-0.15, -0.1) is 0 Å². The lowest BCUT2D eigenvalue weighted by Gasteiger charge is -2.35. The summed E-state index contributed by atoms with van der Waals surface area (Å²) in [5.74, 6) is -1.83. The highest BCUT2D eigenvalue weighted by atomic mass is 16.4. The summed E-state index contributed by atoms with van der Waals surface area (Å²) >= 11 is 0. The third kappa shape index (κ3) is 7.30. The topological polar surface area (TPSA) is 123 Å². The second-order valence-electron chi connectivity index (χ2n) is 8.39. The minimum absolute atomic E-state index is 0.101. The van der Waals surface area contributed by atoms with E-state index in [1.165, 1.54) is 0 Å². The van der Waals surface area contributed by atoms with Gasteiger partial charge < -0.3 is 15.9 Å². The van der Waals surface area contributed by atoms with E-state index in [2.05, 4.69) is 4.90 Å². The fourth-order valence-corrected chi connectivity index (χ4v) is 4.03. The number of benzene rings is 1. The summed E-state index contributed by atoms with van der Waals surface area (Å²) in [6.07, 6.45) is 0.569. The van der Waals surface area contributed by atoms with Crippen molar-refractivity contribution >= 4 is 17.6 Å². The number of likely N-dealkylation sites (N-methyl/N-ethyl adjacent to an activating group) is 1. The number of nitrogens with zero attached hydrogens (tertiary/aromatic N) is 4. The molecular formula is C23H31N5O4. The minimum atomic E-state index is -0.930. The first-order valence-corrected chi connectivity index (χ1v) is 10.7. The molecule has 0 unspecified atom stereocenters. The van der Waals surface area contributed by atoms with E-state index in [4.69, 9.17) is 10.7 Å². The number of aromatic nitrogens is 1. The van der Waals surface area contributed by atoms with E-state index in [1.54, 1.807) is 0 Å². The molecule has 0 amide bonds. The Morgan fingerprint density at radius 1 is 1.00 bits per heavy atom. The van der Waals surface area contributed by atoms with Crippen LogP contribution in [0.4, 0.5) is 5.69 Å². The molecule has 2 aromatic rings. The van der Waals surface area contributed by atoms with Crippen LogP contribution in [0.1, 0.15) is 17.0 Å². The second kappa shape index (κ2) is 11.0. The number of nitrogen functional groups attached to an aromatic ring is 1. The molecule has 1 aromatic carbocycles. The van der Waals surface area contributed by atoms with Crippen LogP contribution in [0.2, 0.25) is 0 Å². The Bertz CT molecular complexity index is 921. The van der Waals surface area contributed by atoms with Crippen molar-refractivity contribution in [2.75, 3.05) is 45.5 Å². The molecule has 9 nitrogen and oxygen atoms in total. The summed E-state index contributed by atoms with van der Waals surface area (Å²) in [7, 11) is 1.99. The van der Waals surface area contributed by atoms with Crippen LogP contribution >= 0.6 is 0 Å². The van der Waals surface area contributed by atoms with Gasteiger partial charge in [0, 0.05) is 44.5 Å². The molecule has 1 atom stereocenters. The van der Waals surface area contributed by atoms with E-state index in [0.717, 1.165) is 17.0 Å². The monoisotopic (exact) mass is 441 g/mol. The molecule has 0 saturated heterocycles. The molecule has 0 spiro atoms. The standard InChI is InChI=1S/C23H31N5O4/c1-26-9-10-27(15-22(29)30)14-21(11-17-5-7-18(24)8-6-17)28(16-23(31)32)13-20-4-2-3-19(12-26)25-20/h2-8,21H,9-16,24H2,1H3,(H,29,30)(H,31,32)/t21-/m0/s1. The van der Waals surface area contributed by atoms with Crippen molar-refractivity contribution < 1.29 is 19.8 Å². The molecule has 9 heteroatoms. The van der Waals surface area contributed by atoms with E-state index >= 15 is 0 Å². The SMILES string of the molecule is CN1CCN(CC(=O)O)C[C@H](Cc2ccc(N)cc2)N(CC(=O)O)Cc2cccc(n2)C1. The molecule has 0 radical (unpaired) electrons. The highest BCUT2D eigenvalue weighted by Crippen LogP contribution is 2.17. The smallest absolute Gasteiger partial charge is 0.317 e. The fraction of sp³-hybridized carbons (Fsp3) is 0.435. The number of carbonyl (C=O) groups is 2. The number of nitrogens with two attached hydrogens (primary N) is 1. The van der Waals surface area contributed by atoms with Gasteiger partial charge in [0.2, 0.25) is 0 Å². The second-order valence-corrected chi connectivity index (χ2v) is 8.39. The lowest BCUT2D eigenvalue weighted by molar-refractivity contribution is -0.141. The van der Waals surface area contributed by atoms with E-state index in [9.17, 15) is 19.8 Å². The Balaban J connectivity index is 1.96. The first-order valence-electron chi connectivity index (χ1n) is 10.7. The average Bonchev–Trinajstić information content (AvgIpc) is 2.71. The van der Waals surface area contributed by atoms with Gasteiger partial charge in [0.1, 0.15) is 0 Å². The Labute approximate surface area is 188 Å². The number of hydrogen-bond donors (Lipinski definition) is 3. The Kier molecular flexibility index (Phi) is 8.15. The minimum Gasteiger partial charge on any atom is -0.480 e. The van der Waals surface area contributed by atoms with E-state index in [0.29, 0.717) is 44.8 Å². The van der Waals surface area contributed by atoms with Crippen LogP contribution in [0.25, 0.3) is 0 Å². The van der Waals surface area contributed by atoms with Gasteiger partial charge in [0.25, 0.3) is 0 Å². The van der Waals surface area contributed by atoms with Gasteiger partial charge >= 0.3 is 11.9 Å². The third-order valence-corrected chi connectivity index (χ3v) is 5.59. The number of carboxylic acids is 2. The van der Waals surface area contributed by atoms with Crippen LogP contribution in [0.15, 0.2) is 42.5 Å². The quantitative estimate of drug-likeness (QED) is 0.563. The van der Waals surface area contributed by atoms with Crippen molar-refractivity contribution in [1.29, 1.82) is 0 Å². The predicted molar refractivity (Wildman–Crippen MR) is 121 cm³/mol. The van der Waals surface area contributed by atoms with Gasteiger partial charge in [-0.05, 0) is 43.3 Å². The highest BCUT2D eigenvalue weighted by Gasteiger charge is 2.26. The zero-order valence-electron chi connectivity index (χ0n) is 18.4. The maximum atomic E-state index is 11.7. The molecule has 2 heterocycles. The van der Waals surface area contributed by atoms with E-state index < -0.39 is 11.9 Å². The van der Waals surface area contributed by atoms with Crippen LogP contribution in [-0.4, -0.2) is 87.6 Å². The molecule has 1 aliphatic heterocycles. The lowest BCUT2D eigenvalue weighted by atomic mass is 10.0. The largest absolute Gasteiger partial charge is 0.480 e. The van der Waals surface area contributed by atoms with E-state index in [1.807, 2.05) is 59.3 Å². The molecule has 0 saturated carbocycles. The van der Waals surface area contributed by atoms with Gasteiger partial charge in [-0.25, -0.2) is 0 Å². The van der Waals surface area contributed by atoms with Crippen molar-refractivity contribution in [2.45, 2.75) is 25.6 Å². The normalized spacial score (nSPS) is 19.1. The Morgan fingerprint density at radius 2 is 1.66 bits per heavy atom. The predicted octanol–water partition coefficient (Wildman–Crippen LogP) is 0.994. The number of pyridine rings is 1. The third-order valence-electron chi connectivity index (χ3n) is 5.59. The van der Waals surface area contributed by atoms with Crippen molar-refractivity contribution in [1.82, 2.24) is 19.7 Å². The molecule has 32 heavy (non-hydrogen) atoms. The average molecular weight is 442 g/mol. The van der Waals surface area contributed by atoms with Gasteiger partial charge in [-0.1, -0.05) is 18.2 Å². The molecule has 1 aromatic heterocycles. The molecular weight excluding hydrogens is 410 g/mol. The summed E-state index contributed by atoms with van der Waals surface area (Å²) in [5, 5.41) is 19.1. The molecule has 0 fully saturated rings. The Morgan fingerprint density at radius 3 is 2.31 bits per heavy atom. The first-order chi connectivity index (χ1) is 15.3. The summed E-state index contributed by atoms with van der Waals surface area (Å²) < 4.78 is 0. The number of aliphatic carboxylic acids is 2. The van der Waals surface area contributed by atoms with Gasteiger partial charge in [-0.3, -0.25) is 29.3 Å². The molecule has 172 valence electrons. The maximum Gasteiger partial charge on any atom is 0.317 e. The summed E-state index contributed by atoms with van der Waals surface area (Å²) in [6, 6.07) is 13.1. The van der Waals surface area contributed by atoms with Gasteiger partial charge in [-0.2, -0.15) is 0 Å². The van der Waals surface area contributed by atoms with Crippen LogP contribution in [0.3, 0.4) is 0 Å². The van der Waals surface area contributed by atoms with Crippen LogP contribution in [0.5, 0.6) is 0 Å². The molecule has 4 N–H and O–H groups in total. The summed E-state index contributed by atoms with van der Waals surface area (Å²) in [6.45, 7) is 2.40. The number of anilines is 1. The number of hydrogen-bond acceptors (Lipinski definition) is 7. The van der Waals surface area contributed by atoms with Crippen molar-refractivity contribution in [3.05, 3.63) is 59.4 Å². The van der Waals surface area contributed by atoms with Crippen LogP contribution < -0.4 is 5.73 Å². The van der Waals surface area contributed by atoms with Crippen molar-refractivity contribution in [3.63, 3.8) is 0 Å². The van der Waals surface area contributed by atoms with E-state index in [-0.39, 0.29) is 19.1 Å². The number of fused-ring (bicyclic) bond motifs is 2. The van der Waals surface area contributed by atoms with Crippen molar-refractivity contribution in [2.24, 2.45) is 0 Å². The summed E-state index contributed by atoms with van der Waals surface area (Å²) in [5.41, 5.74) is 9.19. The zero-order chi connectivity index (χ0) is 23.1. The lowest BCUT2D eigenvalue weighted by Crippen LogP contribution is -2.49. The number of rotatable bonds is 6. The first kappa shape index (κ1) is 23.6. The fourth-order valence-electron chi connectivity index (χ4n) is 4.03. The van der Waals surface area contributed by atoms with Gasteiger partial charge in [0.15, 0.2) is 0 Å². The number of carboxylic acid groups (broad SMARTS) is 2. The van der Waals surface area contributed by atoms with Crippen LogP contribution in [0, 0.1) is 0 Å². The Hall–Kier alpha value is -3.01. The molecule has 0 aliphatic carbocycles. The van der Waals surface area contributed by atoms with Crippen LogP contribution in [-0.2, 0) is 29.1 Å².